The number of anilines is 1. The molecule has 0 atom stereocenters. The van der Waals surface area contributed by atoms with Gasteiger partial charge in [0.05, 0.1) is 11.4 Å². The molecule has 2 aromatic carbocycles. The number of halogens is 2. The minimum absolute atomic E-state index is 0.0913. The number of benzene rings is 2. The van der Waals surface area contributed by atoms with E-state index in [1.165, 1.54) is 12.1 Å². The molecule has 0 aliphatic carbocycles. The molecule has 0 aliphatic rings. The highest BCUT2D eigenvalue weighted by Gasteiger charge is 2.07. The maximum absolute atomic E-state index is 12.9. The summed E-state index contributed by atoms with van der Waals surface area (Å²) in [5.41, 5.74) is 6.41. The number of ether oxygens (including phenoxy) is 1. The summed E-state index contributed by atoms with van der Waals surface area (Å²) in [5, 5.41) is 2.72. The van der Waals surface area contributed by atoms with E-state index in [0.29, 0.717) is 5.69 Å². The number of rotatable bonds is 6. The molecule has 5 nitrogen and oxygen atoms in total. The zero-order chi connectivity index (χ0) is 16.8. The zero-order valence-corrected chi connectivity index (χ0v) is 12.8. The fraction of sp³-hybridized carbons (Fsp3) is 0.125. The van der Waals surface area contributed by atoms with E-state index in [4.69, 9.17) is 22.1 Å². The van der Waals surface area contributed by atoms with Crippen molar-refractivity contribution in [3.8, 4) is 5.75 Å². The summed E-state index contributed by atoms with van der Waals surface area (Å²) in [6.07, 6.45) is 0.139. The Kier molecular flexibility index (Phi) is 5.54. The van der Waals surface area contributed by atoms with E-state index in [0.717, 1.165) is 11.6 Å². The molecule has 2 aromatic rings. The van der Waals surface area contributed by atoms with Crippen LogP contribution in [0.15, 0.2) is 42.5 Å². The molecule has 2 rings (SSSR count). The van der Waals surface area contributed by atoms with Crippen LogP contribution in [0.1, 0.15) is 5.56 Å². The molecule has 0 radical (unpaired) electrons. The molecule has 0 bridgehead atoms. The first-order chi connectivity index (χ1) is 10.9. The van der Waals surface area contributed by atoms with Crippen LogP contribution in [0.2, 0.25) is 5.02 Å². The summed E-state index contributed by atoms with van der Waals surface area (Å²) in [7, 11) is 0. The number of nitrogens with one attached hydrogen (secondary N) is 1. The second-order valence-electron chi connectivity index (χ2n) is 4.75. The molecule has 3 N–H and O–H groups in total. The topological polar surface area (TPSA) is 81.4 Å². The van der Waals surface area contributed by atoms with Gasteiger partial charge in [0.15, 0.2) is 6.61 Å². The van der Waals surface area contributed by atoms with Crippen LogP contribution >= 0.6 is 11.6 Å². The number of hydrogen-bond donors (Lipinski definition) is 2. The van der Waals surface area contributed by atoms with Crippen LogP contribution in [0.5, 0.6) is 5.75 Å². The van der Waals surface area contributed by atoms with Gasteiger partial charge in [-0.3, -0.25) is 9.59 Å². The quantitative estimate of drug-likeness (QED) is 0.850. The van der Waals surface area contributed by atoms with Gasteiger partial charge in [0.25, 0.3) is 5.91 Å². The minimum Gasteiger partial charge on any atom is -0.482 e. The maximum atomic E-state index is 12.9. The van der Waals surface area contributed by atoms with Crippen LogP contribution in [0.25, 0.3) is 0 Å². The van der Waals surface area contributed by atoms with Gasteiger partial charge in [-0.05, 0) is 35.9 Å². The van der Waals surface area contributed by atoms with Gasteiger partial charge in [-0.1, -0.05) is 23.7 Å². The Hall–Kier alpha value is -2.60. The second kappa shape index (κ2) is 7.60. The van der Waals surface area contributed by atoms with E-state index in [9.17, 15) is 14.0 Å². The van der Waals surface area contributed by atoms with Crippen LogP contribution in [-0.2, 0) is 16.0 Å². The van der Waals surface area contributed by atoms with E-state index < -0.39 is 17.6 Å². The van der Waals surface area contributed by atoms with Gasteiger partial charge < -0.3 is 15.8 Å². The Balaban J connectivity index is 1.88. The lowest BCUT2D eigenvalue weighted by atomic mass is 10.1. The number of carbonyl (C=O) groups excluding carboxylic acids is 2. The van der Waals surface area contributed by atoms with Gasteiger partial charge >= 0.3 is 0 Å². The summed E-state index contributed by atoms with van der Waals surface area (Å²) in [6.45, 7) is -0.269. The molecule has 0 saturated heterocycles. The molecule has 2 amide bonds. The van der Waals surface area contributed by atoms with E-state index >= 15 is 0 Å². The minimum atomic E-state index is -0.483. The van der Waals surface area contributed by atoms with Crippen LogP contribution in [0, 0.1) is 5.82 Å². The van der Waals surface area contributed by atoms with Gasteiger partial charge in [0, 0.05) is 5.69 Å². The van der Waals surface area contributed by atoms with Crippen molar-refractivity contribution in [1.82, 2.24) is 0 Å². The molecule has 0 fully saturated rings. The zero-order valence-electron chi connectivity index (χ0n) is 12.0. The van der Waals surface area contributed by atoms with E-state index in [1.54, 1.807) is 24.3 Å². The molecule has 23 heavy (non-hydrogen) atoms. The average Bonchev–Trinajstić information content (AvgIpc) is 2.48. The Morgan fingerprint density at radius 3 is 2.48 bits per heavy atom. The molecular formula is C16H14ClFN2O3. The third kappa shape index (κ3) is 5.27. The van der Waals surface area contributed by atoms with Gasteiger partial charge in [0.1, 0.15) is 11.6 Å². The molecule has 0 aromatic heterocycles. The monoisotopic (exact) mass is 336 g/mol. The highest BCUT2D eigenvalue weighted by atomic mass is 35.5. The number of amides is 2. The van der Waals surface area contributed by atoms with Crippen molar-refractivity contribution in [2.24, 2.45) is 5.73 Å². The molecule has 0 aliphatic heterocycles. The van der Waals surface area contributed by atoms with Gasteiger partial charge in [0.2, 0.25) is 5.91 Å². The van der Waals surface area contributed by atoms with Gasteiger partial charge in [-0.25, -0.2) is 4.39 Å². The Bertz CT molecular complexity index is 720. The molecule has 7 heteroatoms. The number of primary amides is 1. The van der Waals surface area contributed by atoms with Crippen molar-refractivity contribution >= 4 is 29.1 Å². The van der Waals surface area contributed by atoms with Crippen LogP contribution in [0.3, 0.4) is 0 Å². The standard InChI is InChI=1S/C16H14ClFN2O3/c17-13-8-11(18)3-6-14(13)23-9-16(22)20-12-4-1-10(2-5-12)7-15(19)21/h1-6,8H,7,9H2,(H2,19,21)(H,20,22). The summed E-state index contributed by atoms with van der Waals surface area (Å²) in [5.74, 6) is -1.08. The highest BCUT2D eigenvalue weighted by molar-refractivity contribution is 6.32. The third-order valence-electron chi connectivity index (χ3n) is 2.87. The van der Waals surface area contributed by atoms with Crippen LogP contribution in [0.4, 0.5) is 10.1 Å². The SMILES string of the molecule is NC(=O)Cc1ccc(NC(=O)COc2ccc(F)cc2Cl)cc1. The summed E-state index contributed by atoms with van der Waals surface area (Å²) in [6, 6.07) is 10.3. The van der Waals surface area contributed by atoms with Crippen molar-refractivity contribution < 1.29 is 18.7 Å². The normalized spacial score (nSPS) is 10.2. The smallest absolute Gasteiger partial charge is 0.262 e. The van der Waals surface area contributed by atoms with E-state index in [-0.39, 0.29) is 23.8 Å². The first-order valence-electron chi connectivity index (χ1n) is 6.69. The first-order valence-corrected chi connectivity index (χ1v) is 7.07. The lowest BCUT2D eigenvalue weighted by Crippen LogP contribution is -2.20. The molecular weight excluding hydrogens is 323 g/mol. The van der Waals surface area contributed by atoms with E-state index in [1.807, 2.05) is 0 Å². The number of nitrogens with two attached hydrogens (primary N) is 1. The van der Waals surface area contributed by atoms with Crippen molar-refractivity contribution in [3.63, 3.8) is 0 Å². The van der Waals surface area contributed by atoms with Gasteiger partial charge in [-0.15, -0.1) is 0 Å². The van der Waals surface area contributed by atoms with Crippen LogP contribution in [-0.4, -0.2) is 18.4 Å². The number of hydrogen-bond acceptors (Lipinski definition) is 3. The maximum Gasteiger partial charge on any atom is 0.262 e. The lowest BCUT2D eigenvalue weighted by molar-refractivity contribution is -0.118. The van der Waals surface area contributed by atoms with Crippen molar-refractivity contribution in [1.29, 1.82) is 0 Å². The Labute approximate surface area is 137 Å². The first kappa shape index (κ1) is 16.8. The average molecular weight is 337 g/mol. The fourth-order valence-electron chi connectivity index (χ4n) is 1.84. The Morgan fingerprint density at radius 2 is 1.87 bits per heavy atom. The Morgan fingerprint density at radius 1 is 1.17 bits per heavy atom. The largest absolute Gasteiger partial charge is 0.482 e. The molecule has 0 spiro atoms. The van der Waals surface area contributed by atoms with Crippen molar-refractivity contribution in [2.45, 2.75) is 6.42 Å². The van der Waals surface area contributed by atoms with E-state index in [2.05, 4.69) is 5.32 Å². The fourth-order valence-corrected chi connectivity index (χ4v) is 2.06. The summed E-state index contributed by atoms with van der Waals surface area (Å²) >= 11 is 5.80. The summed E-state index contributed by atoms with van der Waals surface area (Å²) < 4.78 is 18.1. The number of carbonyl (C=O) groups is 2. The summed E-state index contributed by atoms with van der Waals surface area (Å²) in [4.78, 5) is 22.6. The lowest BCUT2D eigenvalue weighted by Gasteiger charge is -2.09. The third-order valence-corrected chi connectivity index (χ3v) is 3.16. The van der Waals surface area contributed by atoms with Crippen molar-refractivity contribution in [2.75, 3.05) is 11.9 Å². The predicted molar refractivity (Wildman–Crippen MR) is 84.9 cm³/mol. The molecule has 0 saturated carbocycles. The molecule has 0 heterocycles. The predicted octanol–water partition coefficient (Wildman–Crippen LogP) is 2.52. The van der Waals surface area contributed by atoms with Crippen molar-refractivity contribution in [3.05, 3.63) is 58.9 Å². The van der Waals surface area contributed by atoms with Gasteiger partial charge in [-0.2, -0.15) is 0 Å². The van der Waals surface area contributed by atoms with Crippen LogP contribution < -0.4 is 15.8 Å². The highest BCUT2D eigenvalue weighted by Crippen LogP contribution is 2.24. The molecule has 0 unspecified atom stereocenters. The molecule has 120 valence electrons. The second-order valence-corrected chi connectivity index (χ2v) is 5.16.